The molecule has 0 radical (unpaired) electrons. The van der Waals surface area contributed by atoms with Crippen molar-refractivity contribution in [2.45, 2.75) is 38.9 Å². The van der Waals surface area contributed by atoms with Gasteiger partial charge in [0.2, 0.25) is 0 Å². The summed E-state index contributed by atoms with van der Waals surface area (Å²) in [7, 11) is -10.1. The number of rotatable bonds is 8. The molecule has 0 amide bonds. The minimum absolute atomic E-state index is 0.0862. The molecule has 0 aliphatic carbocycles. The molecule has 4 N–H and O–H groups in total. The molecule has 0 spiro atoms. The zero-order chi connectivity index (χ0) is 12.8. The maximum atomic E-state index is 10.9. The Morgan fingerprint density at radius 1 is 1.19 bits per heavy atom. The first kappa shape index (κ1) is 16.2. The molecule has 16 heavy (non-hydrogen) atoms. The second-order valence-electron chi connectivity index (χ2n) is 3.10. The average Bonchev–Trinajstić information content (AvgIpc) is 1.98. The Kier molecular flexibility index (Phi) is 6.93. The Balaban J connectivity index is 4.05. The topological polar surface area (TPSA) is 134 Å². The molecule has 0 rings (SSSR count). The second-order valence-corrected chi connectivity index (χ2v) is 5.88. The Labute approximate surface area is 93.1 Å². The highest BCUT2D eigenvalue weighted by Crippen LogP contribution is 2.58. The standard InChI is InChI=1S/C6H16O8P2/c1-2-3-4-5-6(7)13-16(11,12)14-15(8,9)10/h6-7H,2-5H2,1H3,(H,11,12)(H2,8,9,10). The van der Waals surface area contributed by atoms with Gasteiger partial charge in [0.25, 0.3) is 0 Å². The summed E-state index contributed by atoms with van der Waals surface area (Å²) < 4.78 is 28.8. The van der Waals surface area contributed by atoms with Crippen molar-refractivity contribution in [3.05, 3.63) is 0 Å². The van der Waals surface area contributed by atoms with Crippen molar-refractivity contribution in [2.75, 3.05) is 0 Å². The van der Waals surface area contributed by atoms with Crippen LogP contribution >= 0.6 is 15.6 Å². The SMILES string of the molecule is CCCCCC(O)OP(=O)(O)OP(=O)(O)O. The monoisotopic (exact) mass is 278 g/mol. The lowest BCUT2D eigenvalue weighted by molar-refractivity contribution is -0.0421. The Bertz CT molecular complexity index is 286. The molecule has 0 aliphatic rings. The molecular formula is C6H16O8P2. The van der Waals surface area contributed by atoms with Gasteiger partial charge < -0.3 is 19.8 Å². The zero-order valence-electron chi connectivity index (χ0n) is 8.72. The highest BCUT2D eigenvalue weighted by atomic mass is 31.3. The van der Waals surface area contributed by atoms with Crippen LogP contribution in [-0.4, -0.2) is 26.1 Å². The van der Waals surface area contributed by atoms with Gasteiger partial charge in [0.15, 0.2) is 6.29 Å². The summed E-state index contributed by atoms with van der Waals surface area (Å²) in [6.07, 6.45) is 0.753. The van der Waals surface area contributed by atoms with Crippen molar-refractivity contribution in [2.24, 2.45) is 0 Å². The van der Waals surface area contributed by atoms with E-state index in [1.807, 2.05) is 6.92 Å². The third-order valence-electron chi connectivity index (χ3n) is 1.52. The summed E-state index contributed by atoms with van der Waals surface area (Å²) in [5.74, 6) is 0. The van der Waals surface area contributed by atoms with Crippen molar-refractivity contribution in [3.8, 4) is 0 Å². The van der Waals surface area contributed by atoms with E-state index in [1.165, 1.54) is 0 Å². The lowest BCUT2D eigenvalue weighted by Gasteiger charge is -2.16. The minimum atomic E-state index is -5.12. The minimum Gasteiger partial charge on any atom is -0.367 e. The lowest BCUT2D eigenvalue weighted by atomic mass is 10.2. The number of unbranched alkanes of at least 4 members (excludes halogenated alkanes) is 2. The van der Waals surface area contributed by atoms with E-state index in [9.17, 15) is 9.13 Å². The molecule has 0 fully saturated rings. The van der Waals surface area contributed by atoms with Crippen molar-refractivity contribution in [1.29, 1.82) is 0 Å². The van der Waals surface area contributed by atoms with Crippen LogP contribution < -0.4 is 0 Å². The molecular weight excluding hydrogens is 262 g/mol. The van der Waals surface area contributed by atoms with E-state index < -0.39 is 21.9 Å². The first-order valence-corrected chi connectivity index (χ1v) is 7.65. The summed E-state index contributed by atoms with van der Waals surface area (Å²) in [4.78, 5) is 25.4. The molecule has 0 aromatic carbocycles. The van der Waals surface area contributed by atoms with Gasteiger partial charge >= 0.3 is 15.6 Å². The fourth-order valence-electron chi connectivity index (χ4n) is 0.929. The van der Waals surface area contributed by atoms with Crippen molar-refractivity contribution in [3.63, 3.8) is 0 Å². The largest absolute Gasteiger partial charge is 0.483 e. The second kappa shape index (κ2) is 6.83. The van der Waals surface area contributed by atoms with Crippen LogP contribution in [0.2, 0.25) is 0 Å². The normalized spacial score (nSPS) is 18.1. The van der Waals surface area contributed by atoms with Crippen LogP contribution in [0.1, 0.15) is 32.6 Å². The number of aliphatic hydroxyl groups is 1. The predicted octanol–water partition coefficient (Wildman–Crippen LogP) is 1.11. The number of hydrogen-bond donors (Lipinski definition) is 4. The fraction of sp³-hybridized carbons (Fsp3) is 1.00. The van der Waals surface area contributed by atoms with E-state index in [0.717, 1.165) is 12.8 Å². The van der Waals surface area contributed by atoms with Crippen LogP contribution in [0.4, 0.5) is 0 Å². The summed E-state index contributed by atoms with van der Waals surface area (Å²) in [5.41, 5.74) is 0. The molecule has 0 aliphatic heterocycles. The maximum Gasteiger partial charge on any atom is 0.483 e. The van der Waals surface area contributed by atoms with Crippen LogP contribution in [0.3, 0.4) is 0 Å². The van der Waals surface area contributed by atoms with Crippen LogP contribution in [0.25, 0.3) is 0 Å². The molecule has 2 unspecified atom stereocenters. The van der Waals surface area contributed by atoms with E-state index in [-0.39, 0.29) is 6.42 Å². The number of phosphoric acid groups is 2. The molecule has 10 heteroatoms. The van der Waals surface area contributed by atoms with E-state index in [0.29, 0.717) is 6.42 Å². The Morgan fingerprint density at radius 2 is 1.75 bits per heavy atom. The number of phosphoric ester groups is 1. The molecule has 0 aromatic heterocycles. The molecule has 98 valence electrons. The lowest BCUT2D eigenvalue weighted by Crippen LogP contribution is -2.10. The Morgan fingerprint density at radius 3 is 2.19 bits per heavy atom. The van der Waals surface area contributed by atoms with E-state index >= 15 is 0 Å². The summed E-state index contributed by atoms with van der Waals surface area (Å²) in [5, 5.41) is 9.12. The van der Waals surface area contributed by atoms with E-state index in [2.05, 4.69) is 8.83 Å². The molecule has 0 bridgehead atoms. The van der Waals surface area contributed by atoms with E-state index in [4.69, 9.17) is 19.8 Å². The van der Waals surface area contributed by atoms with Crippen LogP contribution in [0.15, 0.2) is 0 Å². The van der Waals surface area contributed by atoms with Gasteiger partial charge in [-0.1, -0.05) is 19.8 Å². The van der Waals surface area contributed by atoms with Gasteiger partial charge in [-0.2, -0.15) is 4.31 Å². The number of hydrogen-bond acceptors (Lipinski definition) is 5. The molecule has 0 saturated carbocycles. The third kappa shape index (κ3) is 9.45. The molecule has 0 heterocycles. The van der Waals surface area contributed by atoms with Crippen LogP contribution in [0, 0.1) is 0 Å². The highest BCUT2D eigenvalue weighted by Gasteiger charge is 2.34. The van der Waals surface area contributed by atoms with Gasteiger partial charge in [0.1, 0.15) is 0 Å². The quantitative estimate of drug-likeness (QED) is 0.295. The molecule has 0 saturated heterocycles. The highest BCUT2D eigenvalue weighted by molar-refractivity contribution is 7.60. The summed E-state index contributed by atoms with van der Waals surface area (Å²) in [6.45, 7) is 1.93. The Hall–Kier alpha value is 0.220. The first-order valence-electron chi connectivity index (χ1n) is 4.62. The third-order valence-corrected chi connectivity index (χ3v) is 3.71. The van der Waals surface area contributed by atoms with Crippen LogP contribution in [0.5, 0.6) is 0 Å². The van der Waals surface area contributed by atoms with Gasteiger partial charge in [0, 0.05) is 0 Å². The summed E-state index contributed by atoms with van der Waals surface area (Å²) in [6, 6.07) is 0. The zero-order valence-corrected chi connectivity index (χ0v) is 10.5. The number of aliphatic hydroxyl groups excluding tert-OH is 1. The van der Waals surface area contributed by atoms with Crippen molar-refractivity contribution >= 4 is 15.6 Å². The first-order chi connectivity index (χ1) is 7.16. The van der Waals surface area contributed by atoms with Crippen molar-refractivity contribution < 1.29 is 37.8 Å². The summed E-state index contributed by atoms with van der Waals surface area (Å²) >= 11 is 0. The smallest absolute Gasteiger partial charge is 0.367 e. The fourth-order valence-corrected chi connectivity index (χ4v) is 2.57. The van der Waals surface area contributed by atoms with Gasteiger partial charge in [-0.3, -0.25) is 4.52 Å². The maximum absolute atomic E-state index is 10.9. The average molecular weight is 278 g/mol. The van der Waals surface area contributed by atoms with Gasteiger partial charge in [-0.05, 0) is 12.8 Å². The van der Waals surface area contributed by atoms with Gasteiger partial charge in [-0.25, -0.2) is 9.13 Å². The predicted molar refractivity (Wildman–Crippen MR) is 54.2 cm³/mol. The van der Waals surface area contributed by atoms with E-state index in [1.54, 1.807) is 0 Å². The molecule has 0 aromatic rings. The van der Waals surface area contributed by atoms with Crippen molar-refractivity contribution in [1.82, 2.24) is 0 Å². The van der Waals surface area contributed by atoms with Gasteiger partial charge in [-0.15, -0.1) is 0 Å². The molecule has 8 nitrogen and oxygen atoms in total. The molecule has 2 atom stereocenters. The van der Waals surface area contributed by atoms with Gasteiger partial charge in [0.05, 0.1) is 0 Å². The van der Waals surface area contributed by atoms with Crippen LogP contribution in [-0.2, 0) is 18.0 Å².